The van der Waals surface area contributed by atoms with Crippen LogP contribution >= 0.6 is 0 Å². The minimum atomic E-state index is -0.994. The number of hydrogen-bond donors (Lipinski definition) is 1. The number of hydrogen-bond acceptors (Lipinski definition) is 3. The summed E-state index contributed by atoms with van der Waals surface area (Å²) in [5.41, 5.74) is 1.60. The van der Waals surface area contributed by atoms with E-state index in [0.29, 0.717) is 25.4 Å². The van der Waals surface area contributed by atoms with Crippen molar-refractivity contribution in [2.75, 3.05) is 6.61 Å². The van der Waals surface area contributed by atoms with E-state index in [4.69, 9.17) is 4.74 Å². The second-order valence-electron chi connectivity index (χ2n) is 9.79. The lowest BCUT2D eigenvalue weighted by atomic mass is 9.93. The van der Waals surface area contributed by atoms with Gasteiger partial charge in [-0.2, -0.15) is 0 Å². The van der Waals surface area contributed by atoms with E-state index in [1.807, 2.05) is 66.1 Å². The van der Waals surface area contributed by atoms with Crippen molar-refractivity contribution in [1.82, 2.24) is 14.8 Å². The second-order valence-corrected chi connectivity index (χ2v) is 9.79. The molecule has 1 N–H and O–H groups in total. The Bertz CT molecular complexity index is 1190. The molecular weight excluding hydrogens is 426 g/mol. The molecule has 2 amide bonds. The van der Waals surface area contributed by atoms with Crippen LogP contribution in [0, 0.1) is 0 Å². The van der Waals surface area contributed by atoms with Gasteiger partial charge in [-0.3, -0.25) is 9.59 Å². The van der Waals surface area contributed by atoms with Gasteiger partial charge < -0.3 is 19.5 Å². The fourth-order valence-corrected chi connectivity index (χ4v) is 5.26. The van der Waals surface area contributed by atoms with Gasteiger partial charge in [0.25, 0.3) is 5.91 Å². The zero-order valence-corrected chi connectivity index (χ0v) is 20.0. The molecule has 0 spiro atoms. The minimum absolute atomic E-state index is 0.0703. The summed E-state index contributed by atoms with van der Waals surface area (Å²) in [4.78, 5) is 29.3. The molecule has 2 heterocycles. The van der Waals surface area contributed by atoms with Crippen molar-refractivity contribution >= 4 is 22.7 Å². The highest BCUT2D eigenvalue weighted by atomic mass is 16.5. The standard InChI is InChI=1S/C28H33N3O3/c1-3-16-34-23-14-12-20(13-15-23)18-31-26(32)25-17-21-8-4-7-11-24(21)30(25)19-28(31,2)27(33)29-22-9-5-6-10-22/h4,7-8,11-15,17,22H,3,5-6,9-10,16,18-19H2,1-2H3,(H,29,33)/t28-/m1/s1. The van der Waals surface area contributed by atoms with Gasteiger partial charge in [-0.25, -0.2) is 0 Å². The molecule has 5 rings (SSSR count). The smallest absolute Gasteiger partial charge is 0.271 e. The molecule has 0 radical (unpaired) electrons. The molecule has 1 fully saturated rings. The van der Waals surface area contributed by atoms with Gasteiger partial charge in [-0.1, -0.05) is 50.1 Å². The monoisotopic (exact) mass is 459 g/mol. The first kappa shape index (κ1) is 22.5. The highest BCUT2D eigenvalue weighted by Crippen LogP contribution is 2.34. The van der Waals surface area contributed by atoms with Crippen LogP contribution in [0.1, 0.15) is 62.0 Å². The number of carbonyl (C=O) groups excluding carboxylic acids is 2. The maximum atomic E-state index is 13.9. The third-order valence-electron chi connectivity index (χ3n) is 7.25. The number of benzene rings is 2. The molecule has 6 nitrogen and oxygen atoms in total. The van der Waals surface area contributed by atoms with E-state index < -0.39 is 5.54 Å². The van der Waals surface area contributed by atoms with Crippen molar-refractivity contribution < 1.29 is 14.3 Å². The van der Waals surface area contributed by atoms with Crippen LogP contribution < -0.4 is 10.1 Å². The van der Waals surface area contributed by atoms with Gasteiger partial charge in [-0.15, -0.1) is 0 Å². The van der Waals surface area contributed by atoms with Gasteiger partial charge in [0.15, 0.2) is 0 Å². The molecule has 0 saturated heterocycles. The van der Waals surface area contributed by atoms with Gasteiger partial charge in [0, 0.05) is 23.5 Å². The van der Waals surface area contributed by atoms with Crippen molar-refractivity contribution in [3.8, 4) is 5.75 Å². The second kappa shape index (κ2) is 9.16. The molecular formula is C28H33N3O3. The molecule has 0 bridgehead atoms. The lowest BCUT2D eigenvalue weighted by Crippen LogP contribution is -2.64. The largest absolute Gasteiger partial charge is 0.494 e. The summed E-state index contributed by atoms with van der Waals surface area (Å²) in [5.74, 6) is 0.634. The summed E-state index contributed by atoms with van der Waals surface area (Å²) in [6.07, 6.45) is 5.25. The number of fused-ring (bicyclic) bond motifs is 3. The Hall–Kier alpha value is -3.28. The third-order valence-corrected chi connectivity index (χ3v) is 7.25. The quantitative estimate of drug-likeness (QED) is 0.546. The van der Waals surface area contributed by atoms with E-state index in [1.54, 1.807) is 4.90 Å². The first-order chi connectivity index (χ1) is 16.5. The first-order valence-corrected chi connectivity index (χ1v) is 12.4. The van der Waals surface area contributed by atoms with Crippen molar-refractivity contribution in [2.24, 2.45) is 0 Å². The van der Waals surface area contributed by atoms with Crippen LogP contribution in [0.5, 0.6) is 5.75 Å². The normalized spacial score (nSPS) is 20.5. The van der Waals surface area contributed by atoms with E-state index in [-0.39, 0.29) is 17.9 Å². The maximum Gasteiger partial charge on any atom is 0.271 e. The average molecular weight is 460 g/mol. The van der Waals surface area contributed by atoms with Crippen LogP contribution in [0.15, 0.2) is 54.6 Å². The Kier molecular flexibility index (Phi) is 6.07. The van der Waals surface area contributed by atoms with Crippen molar-refractivity contribution in [3.63, 3.8) is 0 Å². The van der Waals surface area contributed by atoms with Gasteiger partial charge >= 0.3 is 0 Å². The number of carbonyl (C=O) groups is 2. The van der Waals surface area contributed by atoms with Crippen molar-refractivity contribution in [3.05, 3.63) is 65.9 Å². The van der Waals surface area contributed by atoms with Crippen LogP contribution in [-0.4, -0.2) is 39.5 Å². The Labute approximate surface area is 200 Å². The molecule has 2 aliphatic rings. The first-order valence-electron chi connectivity index (χ1n) is 12.4. The molecule has 1 atom stereocenters. The summed E-state index contributed by atoms with van der Waals surface area (Å²) in [6.45, 7) is 5.45. The molecule has 0 unspecified atom stereocenters. The number of aromatic nitrogens is 1. The summed E-state index contributed by atoms with van der Waals surface area (Å²) in [5, 5.41) is 4.28. The zero-order valence-electron chi connectivity index (χ0n) is 20.0. The summed E-state index contributed by atoms with van der Waals surface area (Å²) in [6, 6.07) is 18.0. The molecule has 178 valence electrons. The number of amides is 2. The van der Waals surface area contributed by atoms with Crippen molar-refractivity contribution in [2.45, 2.75) is 70.6 Å². The van der Waals surface area contributed by atoms with Gasteiger partial charge in [0.2, 0.25) is 5.91 Å². The number of nitrogens with zero attached hydrogens (tertiary/aromatic N) is 2. The minimum Gasteiger partial charge on any atom is -0.494 e. The van der Waals surface area contributed by atoms with E-state index in [9.17, 15) is 9.59 Å². The lowest BCUT2D eigenvalue weighted by Gasteiger charge is -2.44. The topological polar surface area (TPSA) is 63.6 Å². The van der Waals surface area contributed by atoms with Gasteiger partial charge in [-0.05, 0) is 56.0 Å². The van der Waals surface area contributed by atoms with E-state index in [0.717, 1.165) is 54.3 Å². The fourth-order valence-electron chi connectivity index (χ4n) is 5.26. The van der Waals surface area contributed by atoms with Crippen molar-refractivity contribution in [1.29, 1.82) is 0 Å². The van der Waals surface area contributed by atoms with Crippen LogP contribution in [-0.2, 0) is 17.9 Å². The lowest BCUT2D eigenvalue weighted by molar-refractivity contribution is -0.133. The van der Waals surface area contributed by atoms with Crippen LogP contribution in [0.25, 0.3) is 10.9 Å². The van der Waals surface area contributed by atoms with E-state index in [2.05, 4.69) is 12.2 Å². The molecule has 3 aromatic rings. The Balaban J connectivity index is 1.49. The number of nitrogens with one attached hydrogen (secondary N) is 1. The highest BCUT2D eigenvalue weighted by molar-refractivity contribution is 6.03. The molecule has 34 heavy (non-hydrogen) atoms. The average Bonchev–Trinajstić information content (AvgIpc) is 3.49. The third kappa shape index (κ3) is 4.06. The van der Waals surface area contributed by atoms with E-state index in [1.165, 1.54) is 0 Å². The number of para-hydroxylation sites is 1. The van der Waals surface area contributed by atoms with E-state index >= 15 is 0 Å². The fraction of sp³-hybridized carbons (Fsp3) is 0.429. The Morgan fingerprint density at radius 2 is 1.85 bits per heavy atom. The highest BCUT2D eigenvalue weighted by Gasteiger charge is 2.48. The van der Waals surface area contributed by atoms with Gasteiger partial charge in [0.05, 0.1) is 13.2 Å². The molecule has 1 aliphatic carbocycles. The molecule has 1 aromatic heterocycles. The van der Waals surface area contributed by atoms with Gasteiger partial charge in [0.1, 0.15) is 17.0 Å². The summed E-state index contributed by atoms with van der Waals surface area (Å²) >= 11 is 0. The summed E-state index contributed by atoms with van der Waals surface area (Å²) < 4.78 is 7.72. The molecule has 1 aliphatic heterocycles. The number of rotatable bonds is 7. The Morgan fingerprint density at radius 1 is 1.12 bits per heavy atom. The van der Waals surface area contributed by atoms with Crippen LogP contribution in [0.3, 0.4) is 0 Å². The molecule has 1 saturated carbocycles. The zero-order chi connectivity index (χ0) is 23.7. The summed E-state index contributed by atoms with van der Waals surface area (Å²) in [7, 11) is 0. The SMILES string of the molecule is CCCOc1ccc(CN2C(=O)c3cc4ccccc4n3C[C@]2(C)C(=O)NC2CCCC2)cc1. The number of ether oxygens (including phenoxy) is 1. The van der Waals surface area contributed by atoms with Crippen LogP contribution in [0.2, 0.25) is 0 Å². The predicted molar refractivity (Wildman–Crippen MR) is 133 cm³/mol. The Morgan fingerprint density at radius 3 is 2.59 bits per heavy atom. The molecule has 6 heteroatoms. The maximum absolute atomic E-state index is 13.9. The molecule has 2 aromatic carbocycles. The predicted octanol–water partition coefficient (Wildman–Crippen LogP) is 4.90. The van der Waals surface area contributed by atoms with Crippen LogP contribution in [0.4, 0.5) is 0 Å².